The summed E-state index contributed by atoms with van der Waals surface area (Å²) in [5, 5.41) is 18.1. The van der Waals surface area contributed by atoms with E-state index < -0.39 is 0 Å². The lowest BCUT2D eigenvalue weighted by molar-refractivity contribution is 0.0739. The molecule has 31 heavy (non-hydrogen) atoms. The van der Waals surface area contributed by atoms with Crippen molar-refractivity contribution >= 4 is 11.9 Å². The quantitative estimate of drug-likeness (QED) is 0.724. The third-order valence-corrected chi connectivity index (χ3v) is 6.35. The highest BCUT2D eigenvalue weighted by molar-refractivity contribution is 5.91. The molecule has 1 aromatic heterocycles. The summed E-state index contributed by atoms with van der Waals surface area (Å²) in [6.45, 7) is 3.49. The number of carbonyl (C=O) groups is 1. The maximum absolute atomic E-state index is 13.4. The van der Waals surface area contributed by atoms with Crippen LogP contribution in [0.2, 0.25) is 0 Å². The molecule has 0 spiro atoms. The van der Waals surface area contributed by atoms with Crippen molar-refractivity contribution in [3.8, 4) is 0 Å². The zero-order valence-electron chi connectivity index (χ0n) is 17.9. The molecule has 1 aromatic carbocycles. The molecular weight excluding hydrogens is 401 g/mol. The first-order chi connectivity index (χ1) is 15.1. The maximum atomic E-state index is 13.4. The summed E-state index contributed by atoms with van der Waals surface area (Å²) in [4.78, 5) is 17.1. The van der Waals surface area contributed by atoms with Gasteiger partial charge < -0.3 is 19.6 Å². The molecule has 4 rings (SSSR count). The predicted molar refractivity (Wildman–Crippen MR) is 113 cm³/mol. The highest BCUT2D eigenvalue weighted by Gasteiger charge is 2.30. The molecular formula is C22H30FN5O3. The van der Waals surface area contributed by atoms with Gasteiger partial charge in [0, 0.05) is 39.9 Å². The number of aliphatic hydroxyl groups is 1. The van der Waals surface area contributed by atoms with Gasteiger partial charge in [-0.25, -0.2) is 4.39 Å². The molecule has 0 radical (unpaired) electrons. The van der Waals surface area contributed by atoms with Crippen LogP contribution in [-0.2, 0) is 11.3 Å². The van der Waals surface area contributed by atoms with Crippen molar-refractivity contribution < 1.29 is 19.0 Å². The van der Waals surface area contributed by atoms with Crippen LogP contribution < -0.4 is 4.90 Å². The fourth-order valence-corrected chi connectivity index (χ4v) is 4.39. The maximum Gasteiger partial charge on any atom is 0.291 e. The van der Waals surface area contributed by atoms with Gasteiger partial charge in [0.25, 0.3) is 5.91 Å². The summed E-state index contributed by atoms with van der Waals surface area (Å²) in [6.07, 6.45) is 3.35. The van der Waals surface area contributed by atoms with Crippen molar-refractivity contribution in [2.75, 3.05) is 44.8 Å². The van der Waals surface area contributed by atoms with Crippen LogP contribution in [0.15, 0.2) is 24.3 Å². The van der Waals surface area contributed by atoms with Crippen molar-refractivity contribution in [2.24, 2.45) is 5.92 Å². The van der Waals surface area contributed by atoms with Gasteiger partial charge in [0.05, 0.1) is 6.54 Å². The van der Waals surface area contributed by atoms with E-state index in [1.165, 1.54) is 12.1 Å². The first-order valence-electron chi connectivity index (χ1n) is 11.0. The Kier molecular flexibility index (Phi) is 6.82. The lowest BCUT2D eigenvalue weighted by atomic mass is 9.98. The first kappa shape index (κ1) is 21.7. The molecule has 0 aliphatic carbocycles. The van der Waals surface area contributed by atoms with Gasteiger partial charge in [-0.2, -0.15) is 0 Å². The van der Waals surface area contributed by atoms with Gasteiger partial charge in [-0.1, -0.05) is 12.1 Å². The predicted octanol–water partition coefficient (Wildman–Crippen LogP) is 2.25. The zero-order valence-corrected chi connectivity index (χ0v) is 17.9. The SMILES string of the molecule is COC(Cn1c(C(=O)N2CCCC2)nnc1N1CCC(CO)CC1)c1ccc(F)cc1. The van der Waals surface area contributed by atoms with E-state index in [0.717, 1.165) is 57.4 Å². The van der Waals surface area contributed by atoms with Crippen LogP contribution in [0, 0.1) is 11.7 Å². The molecule has 0 bridgehead atoms. The third kappa shape index (κ3) is 4.72. The Morgan fingerprint density at radius 2 is 1.84 bits per heavy atom. The largest absolute Gasteiger partial charge is 0.396 e. The minimum atomic E-state index is -0.379. The number of ether oxygens (including phenoxy) is 1. The van der Waals surface area contributed by atoms with Crippen molar-refractivity contribution in [3.05, 3.63) is 41.5 Å². The second-order valence-corrected chi connectivity index (χ2v) is 8.32. The fraction of sp³-hybridized carbons (Fsp3) is 0.591. The van der Waals surface area contributed by atoms with E-state index in [2.05, 4.69) is 15.1 Å². The van der Waals surface area contributed by atoms with Crippen LogP contribution in [0.4, 0.5) is 10.3 Å². The van der Waals surface area contributed by atoms with Gasteiger partial charge in [-0.15, -0.1) is 10.2 Å². The number of halogens is 1. The number of hydrogen-bond acceptors (Lipinski definition) is 6. The van der Waals surface area contributed by atoms with Crippen LogP contribution in [0.5, 0.6) is 0 Å². The molecule has 2 saturated heterocycles. The summed E-state index contributed by atoms with van der Waals surface area (Å²) in [5.74, 6) is 0.827. The normalized spacial score (nSPS) is 18.5. The molecule has 2 aliphatic rings. The lowest BCUT2D eigenvalue weighted by Crippen LogP contribution is -2.37. The Bertz CT molecular complexity index is 874. The standard InChI is InChI=1S/C22H30FN5O3/c1-31-19(17-4-6-18(23)7-5-17)14-28-20(21(30)26-10-2-3-11-26)24-25-22(28)27-12-8-16(15-29)9-13-27/h4-7,16,19,29H,2-3,8-15H2,1H3. The van der Waals surface area contributed by atoms with Crippen LogP contribution >= 0.6 is 0 Å². The van der Waals surface area contributed by atoms with E-state index in [4.69, 9.17) is 4.74 Å². The second-order valence-electron chi connectivity index (χ2n) is 8.32. The number of hydrogen-bond donors (Lipinski definition) is 1. The molecule has 2 aliphatic heterocycles. The Hall–Kier alpha value is -2.52. The Morgan fingerprint density at radius 3 is 2.45 bits per heavy atom. The number of benzene rings is 1. The number of aliphatic hydroxyl groups excluding tert-OH is 1. The van der Waals surface area contributed by atoms with Gasteiger partial charge in [0.1, 0.15) is 11.9 Å². The number of piperidine rings is 1. The van der Waals surface area contributed by atoms with Crippen molar-refractivity contribution in [1.29, 1.82) is 0 Å². The molecule has 9 heteroatoms. The summed E-state index contributed by atoms with van der Waals surface area (Å²) < 4.78 is 21.0. The van der Waals surface area contributed by atoms with Gasteiger partial charge in [-0.3, -0.25) is 9.36 Å². The van der Waals surface area contributed by atoms with E-state index in [-0.39, 0.29) is 24.4 Å². The van der Waals surface area contributed by atoms with Crippen molar-refractivity contribution in [2.45, 2.75) is 38.3 Å². The highest BCUT2D eigenvalue weighted by Crippen LogP contribution is 2.27. The summed E-state index contributed by atoms with van der Waals surface area (Å²) in [6, 6.07) is 6.21. The van der Waals surface area contributed by atoms with E-state index in [9.17, 15) is 14.3 Å². The number of carbonyl (C=O) groups excluding carboxylic acids is 1. The van der Waals surface area contributed by atoms with E-state index >= 15 is 0 Å². The van der Waals surface area contributed by atoms with Crippen LogP contribution in [0.3, 0.4) is 0 Å². The van der Waals surface area contributed by atoms with Gasteiger partial charge in [0.2, 0.25) is 11.8 Å². The molecule has 168 valence electrons. The first-order valence-corrected chi connectivity index (χ1v) is 11.0. The Balaban J connectivity index is 1.64. The van der Waals surface area contributed by atoms with Gasteiger partial charge in [-0.05, 0) is 49.3 Å². The molecule has 2 aromatic rings. The minimum absolute atomic E-state index is 0.115. The molecule has 1 N–H and O–H groups in total. The minimum Gasteiger partial charge on any atom is -0.396 e. The van der Waals surface area contributed by atoms with Crippen LogP contribution in [-0.4, -0.2) is 70.6 Å². The van der Waals surface area contributed by atoms with Crippen molar-refractivity contribution in [1.82, 2.24) is 19.7 Å². The number of aromatic nitrogens is 3. The average Bonchev–Trinajstić information content (AvgIpc) is 3.48. The van der Waals surface area contributed by atoms with Gasteiger partial charge in [0.15, 0.2) is 0 Å². The number of likely N-dealkylation sites (tertiary alicyclic amines) is 1. The smallest absolute Gasteiger partial charge is 0.291 e. The number of anilines is 1. The Morgan fingerprint density at radius 1 is 1.16 bits per heavy atom. The number of amides is 1. The number of methoxy groups -OCH3 is 1. The Labute approximate surface area is 181 Å². The highest BCUT2D eigenvalue weighted by atomic mass is 19.1. The monoisotopic (exact) mass is 431 g/mol. The van der Waals surface area contributed by atoms with E-state index in [1.54, 1.807) is 19.2 Å². The summed E-state index contributed by atoms with van der Waals surface area (Å²) >= 11 is 0. The number of rotatable bonds is 7. The summed E-state index contributed by atoms with van der Waals surface area (Å²) in [7, 11) is 1.60. The third-order valence-electron chi connectivity index (χ3n) is 6.35. The van der Waals surface area contributed by atoms with E-state index in [0.29, 0.717) is 24.2 Å². The van der Waals surface area contributed by atoms with Crippen LogP contribution in [0.25, 0.3) is 0 Å². The topological polar surface area (TPSA) is 83.7 Å². The van der Waals surface area contributed by atoms with Crippen molar-refractivity contribution in [3.63, 3.8) is 0 Å². The lowest BCUT2D eigenvalue weighted by Gasteiger charge is -2.32. The summed E-state index contributed by atoms with van der Waals surface area (Å²) in [5.41, 5.74) is 0.821. The number of nitrogens with zero attached hydrogens (tertiary/aromatic N) is 5. The molecule has 1 unspecified atom stereocenters. The second kappa shape index (κ2) is 9.74. The molecule has 0 saturated carbocycles. The molecule has 3 heterocycles. The molecule has 1 atom stereocenters. The zero-order chi connectivity index (χ0) is 21.8. The molecule has 8 nitrogen and oxygen atoms in total. The van der Waals surface area contributed by atoms with E-state index in [1.807, 2.05) is 9.47 Å². The van der Waals surface area contributed by atoms with Gasteiger partial charge >= 0.3 is 0 Å². The molecule has 2 fully saturated rings. The van der Waals surface area contributed by atoms with Crippen LogP contribution in [0.1, 0.15) is 48.0 Å². The average molecular weight is 432 g/mol. The fourth-order valence-electron chi connectivity index (χ4n) is 4.39. The molecule has 1 amide bonds.